The molecular formula is C19H13F6NO4S2. The van der Waals surface area contributed by atoms with Gasteiger partial charge in [-0.3, -0.25) is 14.6 Å². The van der Waals surface area contributed by atoms with Gasteiger partial charge in [-0.2, -0.15) is 22.0 Å². The summed E-state index contributed by atoms with van der Waals surface area (Å²) in [7, 11) is 1.09. The number of fused-ring (bicyclic) bond motifs is 1. The predicted molar refractivity (Wildman–Crippen MR) is 105 cm³/mol. The standard InChI is InChI=1S/C19H13F6NO4S2/c1-7-8(6-12(27)28)14-10(26-7)5-9(17(30-2)15(14)20)16(29)11-3-4-13(31-11)32-19(24,25)18(21,22)23/h3-4H,5-6H2,1-2H3,(H,27,28). The highest BCUT2D eigenvalue weighted by Crippen LogP contribution is 2.49. The molecule has 0 bridgehead atoms. The van der Waals surface area contributed by atoms with E-state index in [2.05, 4.69) is 4.99 Å². The number of aliphatic carboxylic acids is 1. The van der Waals surface area contributed by atoms with Crippen LogP contribution >= 0.6 is 23.1 Å². The van der Waals surface area contributed by atoms with Gasteiger partial charge in [-0.15, -0.1) is 11.3 Å². The number of Topliss-reactive ketones (excluding diaryl/α,β-unsaturated/α-hetero) is 1. The number of alkyl halides is 5. The van der Waals surface area contributed by atoms with E-state index in [4.69, 9.17) is 9.84 Å². The number of rotatable bonds is 7. The van der Waals surface area contributed by atoms with Crippen molar-refractivity contribution in [3.8, 4) is 0 Å². The van der Waals surface area contributed by atoms with Crippen molar-refractivity contribution in [2.45, 2.75) is 35.4 Å². The zero-order chi connectivity index (χ0) is 24.0. The molecule has 0 saturated heterocycles. The monoisotopic (exact) mass is 497 g/mol. The van der Waals surface area contributed by atoms with E-state index < -0.39 is 57.2 Å². The number of carbonyl (C=O) groups is 2. The van der Waals surface area contributed by atoms with Gasteiger partial charge in [-0.1, -0.05) is 0 Å². The van der Waals surface area contributed by atoms with Crippen molar-refractivity contribution < 1.29 is 45.8 Å². The zero-order valence-electron chi connectivity index (χ0n) is 16.3. The lowest BCUT2D eigenvalue weighted by Crippen LogP contribution is -2.32. The van der Waals surface area contributed by atoms with E-state index >= 15 is 4.39 Å². The van der Waals surface area contributed by atoms with Crippen LogP contribution in [0.1, 0.15) is 29.4 Å². The highest BCUT2D eigenvalue weighted by Gasteiger charge is 2.58. The second-order valence-electron chi connectivity index (χ2n) is 6.63. The minimum atomic E-state index is -5.77. The molecule has 3 rings (SSSR count). The normalized spacial score (nSPS) is 17.1. The third kappa shape index (κ3) is 4.35. The van der Waals surface area contributed by atoms with Crippen LogP contribution in [0.4, 0.5) is 26.3 Å². The van der Waals surface area contributed by atoms with Crippen molar-refractivity contribution in [2.24, 2.45) is 4.99 Å². The smallest absolute Gasteiger partial charge is 0.464 e. The van der Waals surface area contributed by atoms with E-state index in [1.807, 2.05) is 0 Å². The van der Waals surface area contributed by atoms with Crippen molar-refractivity contribution >= 4 is 40.6 Å². The highest BCUT2D eigenvalue weighted by atomic mass is 32.2. The fourth-order valence-corrected chi connectivity index (χ4v) is 5.11. The Labute approximate surface area is 185 Å². The fourth-order valence-electron chi connectivity index (χ4n) is 3.16. The Balaban J connectivity index is 1.95. The molecule has 13 heteroatoms. The van der Waals surface area contributed by atoms with Gasteiger partial charge in [-0.25, -0.2) is 4.39 Å². The Morgan fingerprint density at radius 2 is 1.91 bits per heavy atom. The van der Waals surface area contributed by atoms with Crippen molar-refractivity contribution in [1.82, 2.24) is 0 Å². The molecule has 32 heavy (non-hydrogen) atoms. The number of hydrogen-bond donors (Lipinski definition) is 1. The van der Waals surface area contributed by atoms with Crippen molar-refractivity contribution in [2.75, 3.05) is 7.11 Å². The maximum Gasteiger partial charge on any atom is 0.464 e. The molecule has 1 aliphatic heterocycles. The number of methoxy groups -OCH3 is 1. The van der Waals surface area contributed by atoms with Gasteiger partial charge in [-0.05, 0) is 36.4 Å². The molecule has 2 aliphatic rings. The maximum absolute atomic E-state index is 15.2. The first-order valence-corrected chi connectivity index (χ1v) is 10.3. The third-order valence-electron chi connectivity index (χ3n) is 4.54. The van der Waals surface area contributed by atoms with Crippen LogP contribution in [0.25, 0.3) is 0 Å². The molecule has 1 aliphatic carbocycles. The van der Waals surface area contributed by atoms with Crippen molar-refractivity contribution in [3.63, 3.8) is 0 Å². The Kier molecular flexibility index (Phi) is 6.35. The molecular weight excluding hydrogens is 484 g/mol. The van der Waals surface area contributed by atoms with Crippen LogP contribution in [0.3, 0.4) is 0 Å². The Bertz CT molecular complexity index is 1130. The quantitative estimate of drug-likeness (QED) is 0.288. The average Bonchev–Trinajstić information content (AvgIpc) is 3.24. The van der Waals surface area contributed by atoms with E-state index in [1.54, 1.807) is 0 Å². The number of aliphatic imine (C=N–C) groups is 1. The Morgan fingerprint density at radius 3 is 2.47 bits per heavy atom. The van der Waals surface area contributed by atoms with Gasteiger partial charge in [0.25, 0.3) is 0 Å². The zero-order valence-corrected chi connectivity index (χ0v) is 17.9. The topological polar surface area (TPSA) is 76.0 Å². The molecule has 0 saturated carbocycles. The van der Waals surface area contributed by atoms with E-state index in [1.165, 1.54) is 6.92 Å². The largest absolute Gasteiger partial charge is 0.493 e. The van der Waals surface area contributed by atoms with Gasteiger partial charge in [0, 0.05) is 17.7 Å². The summed E-state index contributed by atoms with van der Waals surface area (Å²) in [6.07, 6.45) is -6.50. The second-order valence-corrected chi connectivity index (χ2v) is 9.13. The molecule has 0 fully saturated rings. The number of halogens is 6. The Hall–Kier alpha value is -2.54. The maximum atomic E-state index is 15.2. The number of carbonyl (C=O) groups excluding carboxylic acids is 1. The van der Waals surface area contributed by atoms with Crippen molar-refractivity contribution in [1.29, 1.82) is 0 Å². The number of ketones is 1. The summed E-state index contributed by atoms with van der Waals surface area (Å²) >= 11 is -0.339. The van der Waals surface area contributed by atoms with Gasteiger partial charge >= 0.3 is 17.4 Å². The summed E-state index contributed by atoms with van der Waals surface area (Å²) in [6, 6.07) is 2.01. The molecule has 0 atom stereocenters. The molecule has 0 amide bonds. The minimum Gasteiger partial charge on any atom is -0.493 e. The van der Waals surface area contributed by atoms with Crippen LogP contribution in [0, 0.1) is 0 Å². The fraction of sp³-hybridized carbons (Fsp3) is 0.316. The van der Waals surface area contributed by atoms with Gasteiger partial charge in [0.05, 0.1) is 33.9 Å². The molecule has 2 heterocycles. The van der Waals surface area contributed by atoms with Gasteiger partial charge in [0.2, 0.25) is 5.78 Å². The first kappa shape index (κ1) is 24.1. The van der Waals surface area contributed by atoms with E-state index in [-0.39, 0.29) is 39.4 Å². The lowest BCUT2D eigenvalue weighted by molar-refractivity contribution is -0.237. The molecule has 0 spiro atoms. The molecule has 0 aromatic carbocycles. The molecule has 1 N–H and O–H groups in total. The van der Waals surface area contributed by atoms with E-state index in [9.17, 15) is 31.5 Å². The highest BCUT2D eigenvalue weighted by molar-refractivity contribution is 8.02. The van der Waals surface area contributed by atoms with Crippen LogP contribution in [-0.2, 0) is 9.53 Å². The number of nitrogens with zero attached hydrogens (tertiary/aromatic N) is 1. The lowest BCUT2D eigenvalue weighted by Gasteiger charge is -2.20. The summed E-state index contributed by atoms with van der Waals surface area (Å²) in [6.45, 7) is 1.49. The first-order valence-electron chi connectivity index (χ1n) is 8.72. The van der Waals surface area contributed by atoms with Gasteiger partial charge in [0.15, 0.2) is 11.6 Å². The number of carboxylic acids is 1. The summed E-state index contributed by atoms with van der Waals surface area (Å²) in [4.78, 5) is 28.0. The predicted octanol–water partition coefficient (Wildman–Crippen LogP) is 5.91. The Morgan fingerprint density at radius 1 is 1.25 bits per heavy atom. The molecule has 0 radical (unpaired) electrons. The molecule has 0 unspecified atom stereocenters. The number of carboxylic acid groups (broad SMARTS) is 1. The number of thiophene rings is 1. The van der Waals surface area contributed by atoms with Crippen LogP contribution in [0.2, 0.25) is 0 Å². The summed E-state index contributed by atoms with van der Waals surface area (Å²) in [5, 5.41) is 4.01. The molecule has 172 valence electrons. The van der Waals surface area contributed by atoms with E-state index in [0.29, 0.717) is 11.3 Å². The van der Waals surface area contributed by atoms with Gasteiger partial charge in [0.1, 0.15) is 0 Å². The SMILES string of the molecule is COC1=C(C(=O)c2ccc(SC(F)(F)C(F)(F)F)s2)CC2=NC(C)=C(CC(=O)O)C2=C1F. The first-order chi connectivity index (χ1) is 14.8. The lowest BCUT2D eigenvalue weighted by atomic mass is 9.87. The minimum absolute atomic E-state index is 0.0782. The number of ether oxygens (including phenoxy) is 1. The molecule has 1 aromatic heterocycles. The second kappa shape index (κ2) is 8.43. The van der Waals surface area contributed by atoms with Crippen LogP contribution in [0.5, 0.6) is 0 Å². The summed E-state index contributed by atoms with van der Waals surface area (Å²) in [5.74, 6) is -3.50. The molecule has 5 nitrogen and oxygen atoms in total. The summed E-state index contributed by atoms with van der Waals surface area (Å²) < 4.78 is 83.6. The molecule has 1 aromatic rings. The van der Waals surface area contributed by atoms with Crippen molar-refractivity contribution in [3.05, 3.63) is 51.0 Å². The average molecular weight is 497 g/mol. The summed E-state index contributed by atoms with van der Waals surface area (Å²) in [5.41, 5.74) is 0.217. The van der Waals surface area contributed by atoms with Crippen LogP contribution < -0.4 is 0 Å². The van der Waals surface area contributed by atoms with E-state index in [0.717, 1.165) is 19.2 Å². The number of allylic oxidation sites excluding steroid dienone is 4. The van der Waals surface area contributed by atoms with Gasteiger partial charge < -0.3 is 9.84 Å². The number of thioether (sulfide) groups is 1. The third-order valence-corrected chi connectivity index (χ3v) is 6.74. The number of hydrogen-bond acceptors (Lipinski definition) is 6. The van der Waals surface area contributed by atoms with Crippen LogP contribution in [-0.4, -0.2) is 41.1 Å². The van der Waals surface area contributed by atoms with Crippen LogP contribution in [0.15, 0.2) is 55.3 Å².